The average molecular weight is 266 g/mol. The van der Waals surface area contributed by atoms with Gasteiger partial charge in [0.25, 0.3) is 0 Å². The molecule has 2 nitrogen and oxygen atoms in total. The first-order chi connectivity index (χ1) is 9.80. The predicted octanol–water partition coefficient (Wildman–Crippen LogP) is 4.72. The Bertz CT molecular complexity index is 488. The lowest BCUT2D eigenvalue weighted by molar-refractivity contribution is 0.282. The lowest BCUT2D eigenvalue weighted by Gasteiger charge is -2.32. The zero-order valence-electron chi connectivity index (χ0n) is 12.0. The van der Waals surface area contributed by atoms with Crippen molar-refractivity contribution in [3.63, 3.8) is 0 Å². The minimum atomic E-state index is -0.473. The number of rotatable bonds is 5. The van der Waals surface area contributed by atoms with Crippen LogP contribution in [0.4, 0.5) is 0 Å². The van der Waals surface area contributed by atoms with Crippen molar-refractivity contribution in [3.05, 3.63) is 35.9 Å². The van der Waals surface area contributed by atoms with Crippen LogP contribution in [-0.4, -0.2) is 0 Å². The van der Waals surface area contributed by atoms with Gasteiger partial charge in [-0.05, 0) is 24.3 Å². The van der Waals surface area contributed by atoms with Gasteiger partial charge in [-0.3, -0.25) is 0 Å². The Morgan fingerprint density at radius 3 is 2.35 bits per heavy atom. The number of hydrogen-bond acceptors (Lipinski definition) is 2. The molecule has 1 atom stereocenters. The zero-order valence-corrected chi connectivity index (χ0v) is 12.0. The summed E-state index contributed by atoms with van der Waals surface area (Å²) in [6.07, 6.45) is 8.41. The molecule has 0 aromatic heterocycles. The normalized spacial score (nSPS) is 18.7. The summed E-state index contributed by atoms with van der Waals surface area (Å²) in [6.45, 7) is 0. The highest BCUT2D eigenvalue weighted by molar-refractivity contribution is 5.32. The van der Waals surface area contributed by atoms with Gasteiger partial charge in [0.05, 0.1) is 17.6 Å². The summed E-state index contributed by atoms with van der Waals surface area (Å²) < 4.78 is 0. The molecule has 1 aromatic rings. The minimum Gasteiger partial charge on any atom is -0.198 e. The number of hydrogen-bond donors (Lipinski definition) is 0. The fraction of sp³-hybridized carbons (Fsp3) is 0.556. The van der Waals surface area contributed by atoms with Gasteiger partial charge in [-0.15, -0.1) is 0 Å². The molecule has 0 aliphatic heterocycles. The van der Waals surface area contributed by atoms with Gasteiger partial charge >= 0.3 is 0 Å². The molecule has 0 spiro atoms. The van der Waals surface area contributed by atoms with Crippen LogP contribution in [0.5, 0.6) is 0 Å². The van der Waals surface area contributed by atoms with Crippen LogP contribution in [0.2, 0.25) is 0 Å². The van der Waals surface area contributed by atoms with E-state index in [0.29, 0.717) is 18.8 Å². The highest BCUT2D eigenvalue weighted by atomic mass is 14.4. The molecule has 20 heavy (non-hydrogen) atoms. The molecule has 2 heteroatoms. The average Bonchev–Trinajstić information content (AvgIpc) is 2.53. The first-order valence-corrected chi connectivity index (χ1v) is 7.64. The van der Waals surface area contributed by atoms with E-state index in [9.17, 15) is 5.26 Å². The molecule has 2 rings (SSSR count). The summed E-state index contributed by atoms with van der Waals surface area (Å²) in [5.74, 6) is 0.641. The van der Waals surface area contributed by atoms with E-state index in [1.54, 1.807) is 0 Å². The van der Waals surface area contributed by atoms with Crippen molar-refractivity contribution in [2.75, 3.05) is 0 Å². The number of nitriles is 2. The summed E-state index contributed by atoms with van der Waals surface area (Å²) in [6, 6.07) is 14.8. The second kappa shape index (κ2) is 7.11. The Balaban J connectivity index is 2.23. The predicted molar refractivity (Wildman–Crippen MR) is 79.8 cm³/mol. The fourth-order valence-corrected chi connectivity index (χ4v) is 3.44. The lowest BCUT2D eigenvalue weighted by atomic mass is 9.69. The molecule has 104 valence electrons. The first-order valence-electron chi connectivity index (χ1n) is 7.64. The van der Waals surface area contributed by atoms with Gasteiger partial charge in [0, 0.05) is 6.42 Å². The van der Waals surface area contributed by atoms with Gasteiger partial charge in [0.2, 0.25) is 0 Å². The van der Waals surface area contributed by atoms with Crippen molar-refractivity contribution in [2.24, 2.45) is 5.92 Å². The van der Waals surface area contributed by atoms with Gasteiger partial charge in [0.1, 0.15) is 0 Å². The van der Waals surface area contributed by atoms with Gasteiger partial charge in [-0.2, -0.15) is 10.5 Å². The van der Waals surface area contributed by atoms with Crippen LogP contribution in [-0.2, 0) is 5.41 Å². The Morgan fingerprint density at radius 2 is 1.75 bits per heavy atom. The molecular formula is C18H22N2. The second-order valence-corrected chi connectivity index (χ2v) is 5.93. The molecule has 0 radical (unpaired) electrons. The maximum atomic E-state index is 9.83. The van der Waals surface area contributed by atoms with E-state index in [-0.39, 0.29) is 0 Å². The Morgan fingerprint density at radius 1 is 1.05 bits per heavy atom. The van der Waals surface area contributed by atoms with Crippen LogP contribution in [0.25, 0.3) is 0 Å². The number of nitrogens with zero attached hydrogens (tertiary/aromatic N) is 2. The van der Waals surface area contributed by atoms with Crippen LogP contribution in [0, 0.1) is 28.6 Å². The van der Waals surface area contributed by atoms with Crippen LogP contribution >= 0.6 is 0 Å². The van der Waals surface area contributed by atoms with Gasteiger partial charge in [0.15, 0.2) is 0 Å². The third kappa shape index (κ3) is 3.40. The van der Waals surface area contributed by atoms with E-state index in [1.165, 1.54) is 32.1 Å². The van der Waals surface area contributed by atoms with Crippen LogP contribution in [0.15, 0.2) is 30.3 Å². The summed E-state index contributed by atoms with van der Waals surface area (Å²) >= 11 is 0. The van der Waals surface area contributed by atoms with Crippen molar-refractivity contribution in [1.82, 2.24) is 0 Å². The second-order valence-electron chi connectivity index (χ2n) is 5.93. The van der Waals surface area contributed by atoms with Crippen molar-refractivity contribution in [1.29, 1.82) is 10.5 Å². The summed E-state index contributed by atoms with van der Waals surface area (Å²) in [5, 5.41) is 18.7. The smallest absolute Gasteiger partial charge is 0.0834 e. The lowest BCUT2D eigenvalue weighted by Crippen LogP contribution is -2.28. The molecule has 1 aliphatic carbocycles. The van der Waals surface area contributed by atoms with Crippen molar-refractivity contribution in [2.45, 2.75) is 56.8 Å². The highest BCUT2D eigenvalue weighted by Crippen LogP contribution is 2.39. The molecule has 1 aromatic carbocycles. The third-order valence-corrected chi connectivity index (χ3v) is 4.57. The topological polar surface area (TPSA) is 47.6 Å². The summed E-state index contributed by atoms with van der Waals surface area (Å²) in [7, 11) is 0. The standard InChI is InChI=1S/C18H22N2/c19-13-7-12-18(15-20,17-10-5-2-6-11-17)14-16-8-3-1-4-9-16/h2,5-6,10-11,16H,1,3-4,7-9,12,14H2. The largest absolute Gasteiger partial charge is 0.198 e. The highest BCUT2D eigenvalue weighted by Gasteiger charge is 2.35. The molecule has 1 saturated carbocycles. The molecule has 1 unspecified atom stereocenters. The molecule has 0 bridgehead atoms. The molecule has 1 fully saturated rings. The van der Waals surface area contributed by atoms with Crippen molar-refractivity contribution < 1.29 is 0 Å². The molecular weight excluding hydrogens is 244 g/mol. The quantitative estimate of drug-likeness (QED) is 0.774. The first kappa shape index (κ1) is 14.6. The maximum absolute atomic E-state index is 9.83. The molecule has 0 amide bonds. The van der Waals surface area contributed by atoms with Crippen molar-refractivity contribution in [3.8, 4) is 12.1 Å². The molecule has 0 saturated heterocycles. The Hall–Kier alpha value is -1.80. The Kier molecular flexibility index (Phi) is 5.19. The van der Waals surface area contributed by atoms with Gasteiger partial charge < -0.3 is 0 Å². The summed E-state index contributed by atoms with van der Waals surface area (Å²) in [4.78, 5) is 0. The third-order valence-electron chi connectivity index (χ3n) is 4.57. The number of benzene rings is 1. The van der Waals surface area contributed by atoms with E-state index in [1.807, 2.05) is 30.3 Å². The Labute approximate surface area is 122 Å². The maximum Gasteiger partial charge on any atom is 0.0834 e. The van der Waals surface area contributed by atoms with Crippen molar-refractivity contribution >= 4 is 0 Å². The van der Waals surface area contributed by atoms with Crippen LogP contribution in [0.1, 0.15) is 56.9 Å². The van der Waals surface area contributed by atoms with Crippen LogP contribution < -0.4 is 0 Å². The van der Waals surface area contributed by atoms with E-state index in [4.69, 9.17) is 5.26 Å². The minimum absolute atomic E-state index is 0.454. The van der Waals surface area contributed by atoms with E-state index < -0.39 is 5.41 Å². The molecule has 0 heterocycles. The van der Waals surface area contributed by atoms with Gasteiger partial charge in [-0.25, -0.2) is 0 Å². The van der Waals surface area contributed by atoms with E-state index >= 15 is 0 Å². The van der Waals surface area contributed by atoms with Gasteiger partial charge in [-0.1, -0.05) is 62.4 Å². The fourth-order valence-electron chi connectivity index (χ4n) is 3.44. The SMILES string of the molecule is N#CCCC(C#N)(CC1CCCCC1)c1ccccc1. The van der Waals surface area contributed by atoms with Crippen LogP contribution in [0.3, 0.4) is 0 Å². The summed E-state index contributed by atoms with van der Waals surface area (Å²) in [5.41, 5.74) is 0.613. The zero-order chi connectivity index (χ0) is 14.3. The van der Waals surface area contributed by atoms with E-state index in [2.05, 4.69) is 12.1 Å². The molecule has 1 aliphatic rings. The molecule has 0 N–H and O–H groups in total. The van der Waals surface area contributed by atoms with E-state index in [0.717, 1.165) is 12.0 Å². The monoisotopic (exact) mass is 266 g/mol.